The molecule has 1 aromatic carbocycles. The smallest absolute Gasteiger partial charge is 0.165 e. The third-order valence-electron chi connectivity index (χ3n) is 2.91. The Hall–Kier alpha value is -0.760. The first-order valence-electron chi connectivity index (χ1n) is 6.75. The number of rotatable bonds is 9. The van der Waals surface area contributed by atoms with E-state index in [1.807, 2.05) is 0 Å². The van der Waals surface area contributed by atoms with Gasteiger partial charge in [-0.2, -0.15) is 0 Å². The van der Waals surface area contributed by atoms with Crippen molar-refractivity contribution in [2.75, 3.05) is 6.61 Å². The van der Waals surface area contributed by atoms with Crippen molar-refractivity contribution < 1.29 is 9.13 Å². The quantitative estimate of drug-likeness (QED) is 0.438. The average molecular weight is 273 g/mol. The Morgan fingerprint density at radius 2 is 1.83 bits per heavy atom. The van der Waals surface area contributed by atoms with Crippen LogP contribution in [0.2, 0.25) is 0 Å². The Morgan fingerprint density at radius 1 is 1.11 bits per heavy atom. The summed E-state index contributed by atoms with van der Waals surface area (Å²) in [7, 11) is 0. The van der Waals surface area contributed by atoms with Gasteiger partial charge in [-0.15, -0.1) is 11.6 Å². The van der Waals surface area contributed by atoms with Gasteiger partial charge in [0.2, 0.25) is 0 Å². The monoisotopic (exact) mass is 272 g/mol. The van der Waals surface area contributed by atoms with Crippen LogP contribution in [0.1, 0.15) is 51.0 Å². The van der Waals surface area contributed by atoms with Gasteiger partial charge in [0, 0.05) is 5.88 Å². The largest absolute Gasteiger partial charge is 0.491 e. The van der Waals surface area contributed by atoms with E-state index in [1.54, 1.807) is 12.1 Å². The van der Waals surface area contributed by atoms with Gasteiger partial charge in [-0.3, -0.25) is 0 Å². The maximum Gasteiger partial charge on any atom is 0.165 e. The molecule has 0 radical (unpaired) electrons. The van der Waals surface area contributed by atoms with Gasteiger partial charge < -0.3 is 4.74 Å². The Morgan fingerprint density at radius 3 is 2.50 bits per heavy atom. The van der Waals surface area contributed by atoms with Crippen LogP contribution in [0, 0.1) is 5.82 Å². The maximum atomic E-state index is 13.5. The zero-order valence-electron chi connectivity index (χ0n) is 11.1. The molecule has 1 aromatic rings. The molecule has 102 valence electrons. The molecule has 0 bridgehead atoms. The van der Waals surface area contributed by atoms with E-state index in [1.165, 1.54) is 31.7 Å². The summed E-state index contributed by atoms with van der Waals surface area (Å²) in [5.74, 6) is 0.339. The molecule has 0 saturated carbocycles. The lowest BCUT2D eigenvalue weighted by Crippen LogP contribution is -1.99. The van der Waals surface area contributed by atoms with Crippen molar-refractivity contribution in [1.29, 1.82) is 0 Å². The summed E-state index contributed by atoms with van der Waals surface area (Å²) in [6.45, 7) is 2.79. The van der Waals surface area contributed by atoms with E-state index >= 15 is 0 Å². The highest BCUT2D eigenvalue weighted by Crippen LogP contribution is 2.19. The molecule has 0 aliphatic carbocycles. The van der Waals surface area contributed by atoms with Crippen molar-refractivity contribution in [1.82, 2.24) is 0 Å². The summed E-state index contributed by atoms with van der Waals surface area (Å²) in [5.41, 5.74) is 0.779. The van der Waals surface area contributed by atoms with Crippen LogP contribution in [0.3, 0.4) is 0 Å². The Bertz CT molecular complexity index is 341. The molecule has 0 saturated heterocycles. The maximum absolute atomic E-state index is 13.5. The Labute approximate surface area is 114 Å². The van der Waals surface area contributed by atoms with Gasteiger partial charge in [0.25, 0.3) is 0 Å². The van der Waals surface area contributed by atoms with Gasteiger partial charge in [-0.25, -0.2) is 4.39 Å². The first-order chi connectivity index (χ1) is 8.77. The lowest BCUT2D eigenvalue weighted by Gasteiger charge is -2.08. The number of hydrogen-bond donors (Lipinski definition) is 0. The number of alkyl halides is 1. The molecule has 3 heteroatoms. The highest BCUT2D eigenvalue weighted by molar-refractivity contribution is 6.17. The fourth-order valence-electron chi connectivity index (χ4n) is 1.81. The van der Waals surface area contributed by atoms with Crippen LogP contribution >= 0.6 is 11.6 Å². The van der Waals surface area contributed by atoms with Crippen LogP contribution in [0.15, 0.2) is 18.2 Å². The Balaban J connectivity index is 2.19. The molecule has 0 N–H and O–H groups in total. The molecule has 0 atom stereocenters. The second kappa shape index (κ2) is 9.21. The molecule has 1 rings (SSSR count). The van der Waals surface area contributed by atoms with Gasteiger partial charge in [-0.05, 0) is 24.1 Å². The topological polar surface area (TPSA) is 9.23 Å². The molecular weight excluding hydrogens is 251 g/mol. The molecule has 0 heterocycles. The van der Waals surface area contributed by atoms with E-state index in [0.717, 1.165) is 18.4 Å². The molecule has 1 nitrogen and oxygen atoms in total. The molecule has 0 aliphatic rings. The lowest BCUT2D eigenvalue weighted by molar-refractivity contribution is 0.290. The van der Waals surface area contributed by atoms with Crippen molar-refractivity contribution in [3.8, 4) is 5.75 Å². The lowest BCUT2D eigenvalue weighted by atomic mass is 10.1. The third-order valence-corrected chi connectivity index (χ3v) is 3.21. The zero-order valence-corrected chi connectivity index (χ0v) is 11.8. The van der Waals surface area contributed by atoms with E-state index in [2.05, 4.69) is 6.92 Å². The van der Waals surface area contributed by atoms with Crippen LogP contribution in [-0.4, -0.2) is 6.61 Å². The minimum atomic E-state index is -0.320. The molecule has 0 amide bonds. The minimum Gasteiger partial charge on any atom is -0.491 e. The van der Waals surface area contributed by atoms with Gasteiger partial charge in [-0.1, -0.05) is 45.1 Å². The van der Waals surface area contributed by atoms with Crippen LogP contribution in [-0.2, 0) is 5.88 Å². The highest BCUT2D eigenvalue weighted by Gasteiger charge is 2.04. The number of halogens is 2. The molecule has 18 heavy (non-hydrogen) atoms. The standard InChI is InChI=1S/C15H22ClFO/c1-2-3-4-5-6-7-10-18-15-9-8-13(12-16)11-14(15)17/h8-9,11H,2-7,10,12H2,1H3. The summed E-state index contributed by atoms with van der Waals surface area (Å²) in [6.07, 6.45) is 7.23. The Kier molecular flexibility index (Phi) is 7.83. The van der Waals surface area contributed by atoms with E-state index in [0.29, 0.717) is 18.2 Å². The SMILES string of the molecule is CCCCCCCCOc1ccc(CCl)cc1F. The molecule has 0 aliphatic heterocycles. The minimum absolute atomic E-state index is 0.320. The van der Waals surface area contributed by atoms with Crippen molar-refractivity contribution in [3.05, 3.63) is 29.6 Å². The van der Waals surface area contributed by atoms with Gasteiger partial charge in [0.05, 0.1) is 6.61 Å². The predicted octanol–water partition coefficient (Wildman–Crippen LogP) is 5.30. The summed E-state index contributed by atoms with van der Waals surface area (Å²) in [4.78, 5) is 0. The predicted molar refractivity (Wildman–Crippen MR) is 74.8 cm³/mol. The molecule has 0 fully saturated rings. The van der Waals surface area contributed by atoms with Crippen LogP contribution < -0.4 is 4.74 Å². The van der Waals surface area contributed by atoms with Gasteiger partial charge in [0.1, 0.15) is 0 Å². The number of unbranched alkanes of at least 4 members (excludes halogenated alkanes) is 5. The van der Waals surface area contributed by atoms with Crippen molar-refractivity contribution in [3.63, 3.8) is 0 Å². The van der Waals surface area contributed by atoms with Crippen molar-refractivity contribution in [2.45, 2.75) is 51.3 Å². The van der Waals surface area contributed by atoms with Crippen molar-refractivity contribution in [2.24, 2.45) is 0 Å². The van der Waals surface area contributed by atoms with E-state index in [-0.39, 0.29) is 5.82 Å². The fraction of sp³-hybridized carbons (Fsp3) is 0.600. The van der Waals surface area contributed by atoms with E-state index in [9.17, 15) is 4.39 Å². The first-order valence-corrected chi connectivity index (χ1v) is 7.28. The molecular formula is C15H22ClFO. The van der Waals surface area contributed by atoms with Gasteiger partial charge >= 0.3 is 0 Å². The number of ether oxygens (including phenoxy) is 1. The zero-order chi connectivity index (χ0) is 13.2. The fourth-order valence-corrected chi connectivity index (χ4v) is 1.98. The van der Waals surface area contributed by atoms with E-state index in [4.69, 9.17) is 16.3 Å². The summed E-state index contributed by atoms with van der Waals surface area (Å²) in [5, 5.41) is 0. The van der Waals surface area contributed by atoms with E-state index < -0.39 is 0 Å². The summed E-state index contributed by atoms with van der Waals surface area (Å²) >= 11 is 5.63. The molecule has 0 aromatic heterocycles. The van der Waals surface area contributed by atoms with Crippen molar-refractivity contribution >= 4 is 11.6 Å². The second-order valence-corrected chi connectivity index (χ2v) is 4.78. The third kappa shape index (κ3) is 5.72. The van der Waals surface area contributed by atoms with Crippen LogP contribution in [0.5, 0.6) is 5.75 Å². The second-order valence-electron chi connectivity index (χ2n) is 4.51. The van der Waals surface area contributed by atoms with Crippen LogP contribution in [0.4, 0.5) is 4.39 Å². The molecule has 0 unspecified atom stereocenters. The van der Waals surface area contributed by atoms with Crippen LogP contribution in [0.25, 0.3) is 0 Å². The molecule has 0 spiro atoms. The summed E-state index contributed by atoms with van der Waals surface area (Å²) < 4.78 is 19.0. The van der Waals surface area contributed by atoms with Gasteiger partial charge in [0.15, 0.2) is 11.6 Å². The number of benzene rings is 1. The first kappa shape index (κ1) is 15.3. The average Bonchev–Trinajstić information content (AvgIpc) is 2.39. The highest BCUT2D eigenvalue weighted by atomic mass is 35.5. The number of hydrogen-bond acceptors (Lipinski definition) is 1. The normalized spacial score (nSPS) is 10.6. The summed E-state index contributed by atoms with van der Waals surface area (Å²) in [6, 6.07) is 4.89.